The van der Waals surface area contributed by atoms with Crippen LogP contribution >= 0.6 is 0 Å². The molecule has 1 aliphatic rings. The van der Waals surface area contributed by atoms with Crippen LogP contribution in [0.15, 0.2) is 36.4 Å². The van der Waals surface area contributed by atoms with Gasteiger partial charge in [0.25, 0.3) is 11.7 Å². The zero-order valence-corrected chi connectivity index (χ0v) is 8.28. The van der Waals surface area contributed by atoms with E-state index in [2.05, 4.69) is 10.3 Å². The molecule has 0 bridgehead atoms. The molecule has 2 N–H and O–H groups in total. The van der Waals surface area contributed by atoms with Gasteiger partial charge in [-0.05, 0) is 11.6 Å². The molecule has 2 heterocycles. The molecule has 1 amide bonds. The summed E-state index contributed by atoms with van der Waals surface area (Å²) in [7, 11) is 0. The average Bonchev–Trinajstić information content (AvgIpc) is 2.82. The molecule has 0 spiro atoms. The smallest absolute Gasteiger partial charge is 0.298 e. The Morgan fingerprint density at radius 3 is 2.44 bits per heavy atom. The summed E-state index contributed by atoms with van der Waals surface area (Å²) in [6.07, 6.45) is 0. The summed E-state index contributed by atoms with van der Waals surface area (Å²) in [6.45, 7) is 0. The van der Waals surface area contributed by atoms with Crippen molar-refractivity contribution in [2.45, 2.75) is 0 Å². The van der Waals surface area contributed by atoms with E-state index >= 15 is 0 Å². The molecule has 1 aromatic heterocycles. The maximum atomic E-state index is 11.4. The maximum Gasteiger partial charge on any atom is 0.298 e. The van der Waals surface area contributed by atoms with E-state index < -0.39 is 11.7 Å². The van der Waals surface area contributed by atoms with Crippen molar-refractivity contribution in [1.29, 1.82) is 0 Å². The highest BCUT2D eigenvalue weighted by Crippen LogP contribution is 2.29. The van der Waals surface area contributed by atoms with Gasteiger partial charge in [-0.2, -0.15) is 0 Å². The van der Waals surface area contributed by atoms with Gasteiger partial charge in [0.15, 0.2) is 0 Å². The minimum atomic E-state index is -0.569. The Morgan fingerprint density at radius 2 is 1.75 bits per heavy atom. The number of carbonyl (C=O) groups is 2. The fourth-order valence-corrected chi connectivity index (χ4v) is 1.80. The van der Waals surface area contributed by atoms with Gasteiger partial charge in [-0.25, -0.2) is 0 Å². The van der Waals surface area contributed by atoms with E-state index in [4.69, 9.17) is 0 Å². The SMILES string of the molecule is O=C1Nc2cc(-c3ccccc3)[nH]c2C1=O. The Balaban J connectivity index is 2.09. The number of aromatic amines is 1. The molecule has 1 aromatic carbocycles. The van der Waals surface area contributed by atoms with Crippen molar-refractivity contribution in [3.63, 3.8) is 0 Å². The third kappa shape index (κ3) is 1.16. The standard InChI is InChI=1S/C12H8N2O2/c15-11-10-9(14-12(11)16)6-8(13-10)7-4-2-1-3-5-7/h1-6,13H,(H,14,15,16). The van der Waals surface area contributed by atoms with E-state index in [1.807, 2.05) is 30.3 Å². The summed E-state index contributed by atoms with van der Waals surface area (Å²) < 4.78 is 0. The van der Waals surface area contributed by atoms with Crippen LogP contribution in [0.3, 0.4) is 0 Å². The molecule has 4 nitrogen and oxygen atoms in total. The summed E-state index contributed by atoms with van der Waals surface area (Å²) in [4.78, 5) is 25.4. The van der Waals surface area contributed by atoms with Crippen LogP contribution in [0.2, 0.25) is 0 Å². The van der Waals surface area contributed by atoms with Gasteiger partial charge >= 0.3 is 0 Å². The molecule has 0 saturated heterocycles. The summed E-state index contributed by atoms with van der Waals surface area (Å²) in [6, 6.07) is 11.4. The van der Waals surface area contributed by atoms with E-state index in [9.17, 15) is 9.59 Å². The van der Waals surface area contributed by atoms with E-state index in [1.54, 1.807) is 6.07 Å². The molecular formula is C12H8N2O2. The van der Waals surface area contributed by atoms with E-state index in [1.165, 1.54) is 0 Å². The number of ketones is 1. The molecular weight excluding hydrogens is 204 g/mol. The van der Waals surface area contributed by atoms with Gasteiger partial charge < -0.3 is 10.3 Å². The fraction of sp³-hybridized carbons (Fsp3) is 0. The predicted octanol–water partition coefficient (Wildman–Crippen LogP) is 1.82. The van der Waals surface area contributed by atoms with Crippen LogP contribution in [0.25, 0.3) is 11.3 Å². The quantitative estimate of drug-likeness (QED) is 0.708. The highest BCUT2D eigenvalue weighted by molar-refractivity contribution is 6.51. The number of fused-ring (bicyclic) bond motifs is 1. The highest BCUT2D eigenvalue weighted by Gasteiger charge is 2.30. The topological polar surface area (TPSA) is 62.0 Å². The van der Waals surface area contributed by atoms with E-state index in [-0.39, 0.29) is 0 Å². The summed E-state index contributed by atoms with van der Waals surface area (Å²) in [5.74, 6) is -1.07. The van der Waals surface area contributed by atoms with Crippen molar-refractivity contribution < 1.29 is 9.59 Å². The predicted molar refractivity (Wildman–Crippen MR) is 59.2 cm³/mol. The van der Waals surface area contributed by atoms with Crippen LogP contribution in [0.1, 0.15) is 10.5 Å². The lowest BCUT2D eigenvalue weighted by molar-refractivity contribution is -0.112. The average molecular weight is 212 g/mol. The first-order chi connectivity index (χ1) is 7.75. The number of H-pyrrole nitrogens is 1. The number of rotatable bonds is 1. The number of amides is 1. The van der Waals surface area contributed by atoms with Crippen LogP contribution in [0, 0.1) is 0 Å². The number of anilines is 1. The zero-order valence-electron chi connectivity index (χ0n) is 8.28. The first-order valence-electron chi connectivity index (χ1n) is 4.90. The Hall–Kier alpha value is -2.36. The number of Topliss-reactive ketones (excluding diaryl/α,β-unsaturated/α-hetero) is 1. The van der Waals surface area contributed by atoms with Crippen LogP contribution in [-0.2, 0) is 4.79 Å². The molecule has 4 heteroatoms. The minimum absolute atomic E-state index is 0.351. The third-order valence-electron chi connectivity index (χ3n) is 2.58. The van der Waals surface area contributed by atoms with Gasteiger partial charge in [0, 0.05) is 5.69 Å². The zero-order chi connectivity index (χ0) is 11.1. The molecule has 0 saturated carbocycles. The largest absolute Gasteiger partial charge is 0.350 e. The molecule has 1 aliphatic heterocycles. The maximum absolute atomic E-state index is 11.4. The molecule has 16 heavy (non-hydrogen) atoms. The van der Waals surface area contributed by atoms with Crippen LogP contribution in [0.5, 0.6) is 0 Å². The van der Waals surface area contributed by atoms with Crippen LogP contribution < -0.4 is 5.32 Å². The van der Waals surface area contributed by atoms with Gasteiger partial charge in [-0.15, -0.1) is 0 Å². The molecule has 3 rings (SSSR count). The summed E-state index contributed by atoms with van der Waals surface area (Å²) in [5, 5.41) is 2.52. The Kier molecular flexibility index (Phi) is 1.71. The van der Waals surface area contributed by atoms with Crippen molar-refractivity contribution >= 4 is 17.4 Å². The second kappa shape index (κ2) is 3.06. The number of aromatic nitrogens is 1. The number of nitrogens with one attached hydrogen (secondary N) is 2. The summed E-state index contributed by atoms with van der Waals surface area (Å²) in [5.41, 5.74) is 2.73. The third-order valence-corrected chi connectivity index (χ3v) is 2.58. The molecule has 2 aromatic rings. The lowest BCUT2D eigenvalue weighted by Crippen LogP contribution is -2.13. The number of benzene rings is 1. The Morgan fingerprint density at radius 1 is 1.00 bits per heavy atom. The molecule has 0 aliphatic carbocycles. The van der Waals surface area contributed by atoms with Crippen LogP contribution in [-0.4, -0.2) is 16.7 Å². The highest BCUT2D eigenvalue weighted by atomic mass is 16.2. The van der Waals surface area contributed by atoms with Gasteiger partial charge in [0.05, 0.1) is 5.69 Å². The van der Waals surface area contributed by atoms with Gasteiger partial charge in [-0.3, -0.25) is 9.59 Å². The number of hydrogen-bond donors (Lipinski definition) is 2. The van der Waals surface area contributed by atoms with Crippen molar-refractivity contribution in [2.24, 2.45) is 0 Å². The lowest BCUT2D eigenvalue weighted by Gasteiger charge is -1.96. The van der Waals surface area contributed by atoms with Crippen molar-refractivity contribution in [2.75, 3.05) is 5.32 Å². The van der Waals surface area contributed by atoms with Crippen molar-refractivity contribution in [3.8, 4) is 11.3 Å². The molecule has 0 atom stereocenters. The monoisotopic (exact) mass is 212 g/mol. The Bertz CT molecular complexity index is 584. The number of carbonyl (C=O) groups excluding carboxylic acids is 2. The van der Waals surface area contributed by atoms with Gasteiger partial charge in [-0.1, -0.05) is 30.3 Å². The molecule has 0 radical (unpaired) electrons. The molecule has 78 valence electrons. The number of hydrogen-bond acceptors (Lipinski definition) is 2. The van der Waals surface area contributed by atoms with Crippen molar-refractivity contribution in [3.05, 3.63) is 42.1 Å². The first kappa shape index (κ1) is 8.91. The first-order valence-corrected chi connectivity index (χ1v) is 4.90. The van der Waals surface area contributed by atoms with E-state index in [0.29, 0.717) is 11.4 Å². The normalized spacial score (nSPS) is 13.8. The van der Waals surface area contributed by atoms with Gasteiger partial charge in [0.1, 0.15) is 5.69 Å². The second-order valence-corrected chi connectivity index (χ2v) is 3.62. The van der Waals surface area contributed by atoms with Gasteiger partial charge in [0.2, 0.25) is 0 Å². The molecule has 0 unspecified atom stereocenters. The second-order valence-electron chi connectivity index (χ2n) is 3.62. The molecule has 0 fully saturated rings. The minimum Gasteiger partial charge on any atom is -0.350 e. The lowest BCUT2D eigenvalue weighted by atomic mass is 10.2. The van der Waals surface area contributed by atoms with Crippen LogP contribution in [0.4, 0.5) is 5.69 Å². The van der Waals surface area contributed by atoms with Crippen molar-refractivity contribution in [1.82, 2.24) is 4.98 Å². The Labute approximate surface area is 91.3 Å². The summed E-state index contributed by atoms with van der Waals surface area (Å²) >= 11 is 0. The fourth-order valence-electron chi connectivity index (χ4n) is 1.80. The van der Waals surface area contributed by atoms with E-state index in [0.717, 1.165) is 11.3 Å².